The number of thioether (sulfide) groups is 1. The third-order valence-electron chi connectivity index (χ3n) is 4.44. The van der Waals surface area contributed by atoms with Crippen LogP contribution in [0.5, 0.6) is 0 Å². The number of fused-ring (bicyclic) bond motifs is 1. The number of hydrogen-bond acceptors (Lipinski definition) is 6. The van der Waals surface area contributed by atoms with Crippen LogP contribution in [0.25, 0.3) is 16.6 Å². The lowest BCUT2D eigenvalue weighted by Crippen LogP contribution is -2.25. The van der Waals surface area contributed by atoms with E-state index in [1.54, 1.807) is 12.1 Å². The SMILES string of the molecule is COC(=O)c1ccc2c(=O)n(-c3ccccc3)c(SCC(=O)C(C)(C)C)nc2c1. The second-order valence-electron chi connectivity index (χ2n) is 7.56. The molecule has 0 saturated heterocycles. The average molecular weight is 410 g/mol. The Labute approximate surface area is 172 Å². The smallest absolute Gasteiger partial charge is 0.337 e. The number of benzene rings is 2. The van der Waals surface area contributed by atoms with Crippen molar-refractivity contribution in [3.8, 4) is 5.69 Å². The molecule has 150 valence electrons. The molecule has 29 heavy (non-hydrogen) atoms. The summed E-state index contributed by atoms with van der Waals surface area (Å²) < 4.78 is 6.26. The minimum Gasteiger partial charge on any atom is -0.465 e. The normalized spacial score (nSPS) is 11.4. The molecule has 7 heteroatoms. The van der Waals surface area contributed by atoms with Crippen molar-refractivity contribution in [2.45, 2.75) is 25.9 Å². The van der Waals surface area contributed by atoms with Crippen LogP contribution in [0.3, 0.4) is 0 Å². The van der Waals surface area contributed by atoms with E-state index in [1.807, 2.05) is 51.1 Å². The highest BCUT2D eigenvalue weighted by atomic mass is 32.2. The van der Waals surface area contributed by atoms with Gasteiger partial charge in [-0.1, -0.05) is 50.7 Å². The highest BCUT2D eigenvalue weighted by molar-refractivity contribution is 7.99. The van der Waals surface area contributed by atoms with Gasteiger partial charge in [-0.15, -0.1) is 0 Å². The molecule has 0 bridgehead atoms. The lowest BCUT2D eigenvalue weighted by Gasteiger charge is -2.17. The minimum atomic E-state index is -0.502. The number of ketones is 1. The summed E-state index contributed by atoms with van der Waals surface area (Å²) in [7, 11) is 1.30. The van der Waals surface area contributed by atoms with E-state index in [-0.39, 0.29) is 17.1 Å². The number of hydrogen-bond donors (Lipinski definition) is 0. The van der Waals surface area contributed by atoms with Gasteiger partial charge in [-0.3, -0.25) is 14.2 Å². The topological polar surface area (TPSA) is 78.3 Å². The Hall–Kier alpha value is -2.93. The lowest BCUT2D eigenvalue weighted by atomic mass is 9.92. The molecule has 0 unspecified atom stereocenters. The molecule has 0 spiro atoms. The lowest BCUT2D eigenvalue weighted by molar-refractivity contribution is -0.123. The van der Waals surface area contributed by atoms with E-state index in [1.165, 1.54) is 29.5 Å². The van der Waals surface area contributed by atoms with Crippen LogP contribution in [0.4, 0.5) is 0 Å². The maximum Gasteiger partial charge on any atom is 0.337 e. The molecule has 0 aliphatic carbocycles. The molecule has 2 aromatic carbocycles. The molecule has 0 aliphatic rings. The summed E-state index contributed by atoms with van der Waals surface area (Å²) in [5.41, 5.74) is 0.611. The summed E-state index contributed by atoms with van der Waals surface area (Å²) in [6.07, 6.45) is 0. The van der Waals surface area contributed by atoms with Gasteiger partial charge in [0.1, 0.15) is 5.78 Å². The van der Waals surface area contributed by atoms with Crippen molar-refractivity contribution in [1.29, 1.82) is 0 Å². The zero-order valence-corrected chi connectivity index (χ0v) is 17.6. The van der Waals surface area contributed by atoms with Crippen molar-refractivity contribution in [2.75, 3.05) is 12.9 Å². The van der Waals surface area contributed by atoms with Crippen molar-refractivity contribution in [3.05, 3.63) is 64.4 Å². The van der Waals surface area contributed by atoms with Crippen LogP contribution in [0, 0.1) is 5.41 Å². The molecule has 0 fully saturated rings. The highest BCUT2D eigenvalue weighted by Gasteiger charge is 2.23. The van der Waals surface area contributed by atoms with Gasteiger partial charge in [-0.2, -0.15) is 0 Å². The van der Waals surface area contributed by atoms with Gasteiger partial charge in [0.25, 0.3) is 5.56 Å². The van der Waals surface area contributed by atoms with E-state index in [4.69, 9.17) is 4.74 Å². The van der Waals surface area contributed by atoms with Crippen molar-refractivity contribution in [1.82, 2.24) is 9.55 Å². The molecule has 3 aromatic rings. The summed E-state index contributed by atoms with van der Waals surface area (Å²) in [6, 6.07) is 13.8. The van der Waals surface area contributed by atoms with Gasteiger partial charge >= 0.3 is 5.97 Å². The fraction of sp³-hybridized carbons (Fsp3) is 0.273. The first kappa shape index (κ1) is 20.8. The first-order valence-electron chi connectivity index (χ1n) is 9.09. The first-order valence-corrected chi connectivity index (χ1v) is 10.1. The van der Waals surface area contributed by atoms with Crippen molar-refractivity contribution in [3.63, 3.8) is 0 Å². The van der Waals surface area contributed by atoms with Gasteiger partial charge in [-0.05, 0) is 30.3 Å². The van der Waals surface area contributed by atoms with E-state index in [2.05, 4.69) is 4.98 Å². The van der Waals surface area contributed by atoms with Crippen LogP contribution >= 0.6 is 11.8 Å². The van der Waals surface area contributed by atoms with Gasteiger partial charge < -0.3 is 4.74 Å². The molecule has 1 heterocycles. The maximum atomic E-state index is 13.3. The highest BCUT2D eigenvalue weighted by Crippen LogP contribution is 2.25. The van der Waals surface area contributed by atoms with Crippen molar-refractivity contribution < 1.29 is 14.3 Å². The zero-order chi connectivity index (χ0) is 21.2. The van der Waals surface area contributed by atoms with Gasteiger partial charge in [0.15, 0.2) is 5.16 Å². The fourth-order valence-electron chi connectivity index (χ4n) is 2.66. The number of carbonyl (C=O) groups excluding carboxylic acids is 2. The summed E-state index contributed by atoms with van der Waals surface area (Å²) in [4.78, 5) is 42.1. The van der Waals surface area contributed by atoms with Crippen molar-refractivity contribution in [2.24, 2.45) is 5.41 Å². The predicted octanol–water partition coefficient (Wildman–Crippen LogP) is 3.88. The van der Waals surface area contributed by atoms with Gasteiger partial charge in [-0.25, -0.2) is 9.78 Å². The minimum absolute atomic E-state index is 0.0553. The Morgan fingerprint density at radius 3 is 2.41 bits per heavy atom. The third-order valence-corrected chi connectivity index (χ3v) is 5.38. The van der Waals surface area contributed by atoms with Crippen LogP contribution in [0.15, 0.2) is 58.5 Å². The summed E-state index contributed by atoms with van der Waals surface area (Å²) in [5.74, 6) is -0.261. The summed E-state index contributed by atoms with van der Waals surface area (Å²) in [6.45, 7) is 5.57. The Balaban J connectivity index is 2.17. The Kier molecular flexibility index (Phi) is 5.88. The molecule has 6 nitrogen and oxygen atoms in total. The van der Waals surface area contributed by atoms with Crippen molar-refractivity contribution >= 4 is 34.4 Å². The van der Waals surface area contributed by atoms with Crippen LogP contribution in [0.2, 0.25) is 0 Å². The van der Waals surface area contributed by atoms with E-state index in [0.29, 0.717) is 27.3 Å². The summed E-state index contributed by atoms with van der Waals surface area (Å²) in [5, 5.41) is 0.779. The second kappa shape index (κ2) is 8.21. The van der Waals surface area contributed by atoms with Gasteiger partial charge in [0.05, 0.1) is 35.0 Å². The largest absolute Gasteiger partial charge is 0.465 e. The number of para-hydroxylation sites is 1. The number of esters is 1. The monoisotopic (exact) mass is 410 g/mol. The molecular weight excluding hydrogens is 388 g/mol. The molecular formula is C22H22N2O4S. The van der Waals surface area contributed by atoms with Gasteiger partial charge in [0.2, 0.25) is 0 Å². The van der Waals surface area contributed by atoms with E-state index < -0.39 is 11.4 Å². The number of nitrogens with zero attached hydrogens (tertiary/aromatic N) is 2. The number of methoxy groups -OCH3 is 1. The zero-order valence-electron chi connectivity index (χ0n) is 16.8. The number of Topliss-reactive ketones (excluding diaryl/α,β-unsaturated/α-hetero) is 1. The van der Waals surface area contributed by atoms with Crippen LogP contribution < -0.4 is 5.56 Å². The molecule has 0 amide bonds. The van der Waals surface area contributed by atoms with Crippen LogP contribution in [-0.2, 0) is 9.53 Å². The first-order chi connectivity index (χ1) is 13.7. The number of carbonyl (C=O) groups is 2. The molecule has 0 atom stereocenters. The standard InChI is InChI=1S/C22H22N2O4S/c1-22(2,3)18(25)13-29-21-23-17-12-14(20(27)28-4)10-11-16(17)19(26)24(21)15-8-6-5-7-9-15/h5-12H,13H2,1-4H3. The maximum absolute atomic E-state index is 13.3. The Morgan fingerprint density at radius 1 is 1.10 bits per heavy atom. The third kappa shape index (κ3) is 4.40. The van der Waals surface area contributed by atoms with Crippen LogP contribution in [-0.4, -0.2) is 34.2 Å². The number of aromatic nitrogens is 2. The molecule has 1 aromatic heterocycles. The fourth-order valence-corrected chi connectivity index (χ4v) is 3.83. The average Bonchev–Trinajstić information content (AvgIpc) is 2.70. The quantitative estimate of drug-likeness (QED) is 0.361. The van der Waals surface area contributed by atoms with E-state index in [0.717, 1.165) is 0 Å². The van der Waals surface area contributed by atoms with Gasteiger partial charge in [0, 0.05) is 5.41 Å². The Bertz CT molecular complexity index is 1130. The predicted molar refractivity (Wildman–Crippen MR) is 114 cm³/mol. The number of ether oxygens (including phenoxy) is 1. The van der Waals surface area contributed by atoms with E-state index in [9.17, 15) is 14.4 Å². The summed E-state index contributed by atoms with van der Waals surface area (Å²) >= 11 is 1.21. The molecule has 3 rings (SSSR count). The molecule has 0 radical (unpaired) electrons. The van der Waals surface area contributed by atoms with Crippen LogP contribution in [0.1, 0.15) is 31.1 Å². The van der Waals surface area contributed by atoms with E-state index >= 15 is 0 Å². The number of rotatable bonds is 5. The Morgan fingerprint density at radius 2 is 1.79 bits per heavy atom. The molecule has 0 saturated carbocycles. The molecule has 0 N–H and O–H groups in total. The second-order valence-corrected chi connectivity index (χ2v) is 8.50. The molecule has 0 aliphatic heterocycles.